The quantitative estimate of drug-likeness (QED) is 0.540. The molecule has 4 aliphatic heterocycles. The fraction of sp³-hybridized carbons (Fsp3) is 0.645. The van der Waals surface area contributed by atoms with Gasteiger partial charge in [-0.25, -0.2) is 23.2 Å². The molecule has 0 bridgehead atoms. The highest BCUT2D eigenvalue weighted by atomic mass is 32.2. The second kappa shape index (κ2) is 10.5. The largest absolute Gasteiger partial charge is 0.483 e. The minimum absolute atomic E-state index is 0.127. The third-order valence-electron chi connectivity index (χ3n) is 9.33. The maximum atomic E-state index is 12.6. The Labute approximate surface area is 253 Å². The molecule has 1 aromatic heterocycles. The summed E-state index contributed by atoms with van der Waals surface area (Å²) in [5.74, 6) is 3.51. The van der Waals surface area contributed by atoms with Crippen LogP contribution in [0.25, 0.3) is 0 Å². The number of rotatable bonds is 4. The van der Waals surface area contributed by atoms with Crippen LogP contribution in [-0.2, 0) is 14.6 Å². The van der Waals surface area contributed by atoms with Gasteiger partial charge in [-0.05, 0) is 70.1 Å². The highest BCUT2D eigenvalue weighted by Crippen LogP contribution is 2.52. The minimum Gasteiger partial charge on any atom is -0.483 e. The Kier molecular flexibility index (Phi) is 7.00. The van der Waals surface area contributed by atoms with Gasteiger partial charge in [0.05, 0.1) is 22.8 Å². The second-order valence-electron chi connectivity index (χ2n) is 13.8. The Bertz CT molecular complexity index is 1520. The van der Waals surface area contributed by atoms with E-state index in [0.717, 1.165) is 61.7 Å². The Morgan fingerprint density at radius 2 is 1.77 bits per heavy atom. The molecule has 2 aromatic rings. The number of carbonyl (C=O) groups excluding carboxylic acids is 1. The van der Waals surface area contributed by atoms with Crippen LogP contribution in [0, 0.1) is 0 Å². The van der Waals surface area contributed by atoms with Gasteiger partial charge in [-0.2, -0.15) is 0 Å². The van der Waals surface area contributed by atoms with Crippen molar-refractivity contribution in [3.05, 3.63) is 35.2 Å². The number of nitrogens with zero attached hydrogens (tertiary/aromatic N) is 5. The van der Waals surface area contributed by atoms with Crippen LogP contribution >= 0.6 is 0 Å². The lowest BCUT2D eigenvalue weighted by Crippen LogP contribution is -2.52. The monoisotopic (exact) mass is 610 g/mol. The number of carbonyl (C=O) groups is 1. The fourth-order valence-electron chi connectivity index (χ4n) is 6.79. The van der Waals surface area contributed by atoms with Crippen LogP contribution in [0.15, 0.2) is 18.5 Å². The number of aromatic nitrogens is 2. The zero-order valence-corrected chi connectivity index (χ0v) is 26.3. The van der Waals surface area contributed by atoms with Gasteiger partial charge < -0.3 is 24.6 Å². The molecule has 11 nitrogen and oxygen atoms in total. The number of hydrogen-bond acceptors (Lipinski definition) is 10. The van der Waals surface area contributed by atoms with Gasteiger partial charge >= 0.3 is 6.09 Å². The summed E-state index contributed by atoms with van der Waals surface area (Å²) in [5.41, 5.74) is 3.88. The number of hydrogen-bond donors (Lipinski definition) is 1. The molecule has 1 N–H and O–H groups in total. The van der Waals surface area contributed by atoms with Crippen LogP contribution in [0.3, 0.4) is 0 Å². The van der Waals surface area contributed by atoms with Crippen molar-refractivity contribution < 1.29 is 22.7 Å². The summed E-state index contributed by atoms with van der Waals surface area (Å²) in [4.78, 5) is 28.2. The van der Waals surface area contributed by atoms with E-state index in [-0.39, 0.29) is 23.7 Å². The maximum absolute atomic E-state index is 12.6. The molecule has 0 spiro atoms. The molecule has 1 unspecified atom stereocenters. The van der Waals surface area contributed by atoms with E-state index < -0.39 is 15.4 Å². The summed E-state index contributed by atoms with van der Waals surface area (Å²) in [6, 6.07) is 4.94. The number of sulfone groups is 1. The maximum Gasteiger partial charge on any atom is 0.410 e. The minimum atomic E-state index is -3.01. The van der Waals surface area contributed by atoms with Crippen molar-refractivity contribution in [1.29, 1.82) is 0 Å². The molecule has 3 saturated heterocycles. The molecule has 232 valence electrons. The van der Waals surface area contributed by atoms with Crippen LogP contribution in [0.2, 0.25) is 0 Å². The van der Waals surface area contributed by atoms with Crippen molar-refractivity contribution in [2.24, 2.45) is 0 Å². The molecule has 5 aliphatic rings. The Morgan fingerprint density at radius 1 is 1.02 bits per heavy atom. The summed E-state index contributed by atoms with van der Waals surface area (Å²) >= 11 is 0. The highest BCUT2D eigenvalue weighted by Gasteiger charge is 2.41. The van der Waals surface area contributed by atoms with Crippen molar-refractivity contribution in [3.8, 4) is 5.75 Å². The van der Waals surface area contributed by atoms with Gasteiger partial charge in [0.2, 0.25) is 0 Å². The van der Waals surface area contributed by atoms with Gasteiger partial charge in [-0.3, -0.25) is 4.90 Å². The van der Waals surface area contributed by atoms with E-state index in [9.17, 15) is 13.2 Å². The molecule has 1 amide bonds. The number of fused-ring (bicyclic) bond motifs is 2. The van der Waals surface area contributed by atoms with Gasteiger partial charge in [-0.1, -0.05) is 6.07 Å². The second-order valence-corrected chi connectivity index (χ2v) is 16.1. The molecule has 1 saturated carbocycles. The third-order valence-corrected chi connectivity index (χ3v) is 10.9. The zero-order valence-electron chi connectivity index (χ0n) is 25.5. The van der Waals surface area contributed by atoms with Gasteiger partial charge in [0.25, 0.3) is 0 Å². The van der Waals surface area contributed by atoms with E-state index >= 15 is 0 Å². The van der Waals surface area contributed by atoms with Crippen molar-refractivity contribution >= 4 is 33.3 Å². The molecule has 12 heteroatoms. The fourth-order valence-corrected chi connectivity index (χ4v) is 7.99. The van der Waals surface area contributed by atoms with E-state index in [1.807, 2.05) is 37.5 Å². The highest BCUT2D eigenvalue weighted by molar-refractivity contribution is 7.91. The molecule has 0 radical (unpaired) electrons. The number of anilines is 3. The molecule has 4 fully saturated rings. The predicted molar refractivity (Wildman–Crippen MR) is 164 cm³/mol. The lowest BCUT2D eigenvalue weighted by molar-refractivity contribution is 0.0260. The van der Waals surface area contributed by atoms with Crippen molar-refractivity contribution in [2.45, 2.75) is 76.5 Å². The van der Waals surface area contributed by atoms with E-state index in [2.05, 4.69) is 32.3 Å². The molecule has 7 rings (SSSR count). The van der Waals surface area contributed by atoms with E-state index in [4.69, 9.17) is 9.47 Å². The van der Waals surface area contributed by atoms with Gasteiger partial charge in [0.1, 0.15) is 35.4 Å². The first-order chi connectivity index (χ1) is 20.4. The van der Waals surface area contributed by atoms with Crippen LogP contribution in [-0.4, -0.2) is 96.7 Å². The number of benzene rings is 1. The van der Waals surface area contributed by atoms with Crippen molar-refractivity contribution in [3.63, 3.8) is 0 Å². The Morgan fingerprint density at radius 3 is 2.47 bits per heavy atom. The summed E-state index contributed by atoms with van der Waals surface area (Å²) in [6.45, 7) is 12.0. The van der Waals surface area contributed by atoms with Gasteiger partial charge in [0.15, 0.2) is 9.84 Å². The van der Waals surface area contributed by atoms with Crippen LogP contribution < -0.4 is 15.0 Å². The SMILES string of the molecule is C[C@@H]1Oc2c(cc(C3CN(C4CCN(C(=O)OC(C)(C)C)C4)C3)cc2C2CC2)Nc2ncnc(N3CCS(=O)(=O)CC3)c21. The molecular weight excluding hydrogens is 568 g/mol. The van der Waals surface area contributed by atoms with Crippen LogP contribution in [0.5, 0.6) is 5.75 Å². The summed E-state index contributed by atoms with van der Waals surface area (Å²) in [5, 5.41) is 3.61. The summed E-state index contributed by atoms with van der Waals surface area (Å²) < 4.78 is 36.4. The zero-order chi connectivity index (χ0) is 30.1. The summed E-state index contributed by atoms with van der Waals surface area (Å²) in [6.07, 6.45) is 4.33. The Balaban J connectivity index is 1.09. The average Bonchev–Trinajstić information content (AvgIpc) is 3.66. The van der Waals surface area contributed by atoms with Crippen LogP contribution in [0.1, 0.15) is 81.6 Å². The third kappa shape index (κ3) is 5.75. The molecule has 1 aromatic carbocycles. The molecule has 43 heavy (non-hydrogen) atoms. The number of amides is 1. The molecular formula is C31H42N6O5S. The van der Waals surface area contributed by atoms with E-state index in [1.54, 1.807) is 6.33 Å². The first-order valence-corrected chi connectivity index (χ1v) is 17.4. The lowest BCUT2D eigenvalue weighted by atomic mass is 9.87. The number of ether oxygens (including phenoxy) is 2. The summed E-state index contributed by atoms with van der Waals surface area (Å²) in [7, 11) is -3.01. The van der Waals surface area contributed by atoms with E-state index in [0.29, 0.717) is 43.3 Å². The number of nitrogens with one attached hydrogen (secondary N) is 1. The van der Waals surface area contributed by atoms with E-state index in [1.165, 1.54) is 11.1 Å². The molecule has 1 aliphatic carbocycles. The van der Waals surface area contributed by atoms with Crippen LogP contribution in [0.4, 0.5) is 22.1 Å². The topological polar surface area (TPSA) is 117 Å². The Hall–Kier alpha value is -3.12. The van der Waals surface area contributed by atoms with Crippen molar-refractivity contribution in [2.75, 3.05) is 61.0 Å². The first-order valence-electron chi connectivity index (χ1n) is 15.6. The molecule has 5 heterocycles. The average molecular weight is 611 g/mol. The molecule has 2 atom stereocenters. The normalized spacial score (nSPS) is 25.6. The van der Waals surface area contributed by atoms with Gasteiger partial charge in [-0.15, -0.1) is 0 Å². The first kappa shape index (κ1) is 28.6. The van der Waals surface area contributed by atoms with Crippen molar-refractivity contribution in [1.82, 2.24) is 19.8 Å². The predicted octanol–water partition coefficient (Wildman–Crippen LogP) is 4.19. The smallest absolute Gasteiger partial charge is 0.410 e. The standard InChI is InChI=1S/C31H42N6O5S/c1-19-26-28(32-18-33-29(26)35-9-11-43(39,40)12-10-35)34-25-14-21(13-24(20-5-6-20)27(25)41-19)22-15-37(16-22)23-7-8-36(17-23)30(38)42-31(2,3)4/h13-14,18-20,22-23H,5-12,15-17H2,1-4H3,(H,32,33,34)/t19-,23?/m0/s1. The number of likely N-dealkylation sites (tertiary alicyclic amines) is 2. The van der Waals surface area contributed by atoms with Gasteiger partial charge in [0, 0.05) is 51.2 Å². The lowest BCUT2D eigenvalue weighted by Gasteiger charge is -2.43.